The molecule has 0 bridgehead atoms. The third-order valence-corrected chi connectivity index (χ3v) is 7.04. The second kappa shape index (κ2) is 9.39. The van der Waals surface area contributed by atoms with Gasteiger partial charge < -0.3 is 10.6 Å². The molecule has 1 saturated carbocycles. The standard InChI is InChI=1S/C24H34N4O3/c1-18-9-11-24(12-10-18)22(30)28(23(31)26-24)17-21(29)25-15-19-5-7-20(8-6-19)16-27-13-3-2-4-14-27/h5-8,18H,2-4,9-17H2,1H3,(H,25,29)(H,26,31). The van der Waals surface area contributed by atoms with Crippen LogP contribution in [0.4, 0.5) is 4.79 Å². The molecule has 0 atom stereocenters. The van der Waals surface area contributed by atoms with Gasteiger partial charge in [-0.25, -0.2) is 4.79 Å². The molecule has 1 aliphatic carbocycles. The van der Waals surface area contributed by atoms with Crippen LogP contribution in [0.2, 0.25) is 0 Å². The molecule has 2 heterocycles. The molecule has 2 aliphatic heterocycles. The van der Waals surface area contributed by atoms with Crippen LogP contribution in [0, 0.1) is 5.92 Å². The lowest BCUT2D eigenvalue weighted by Crippen LogP contribution is -2.49. The Morgan fingerprint density at radius 3 is 2.39 bits per heavy atom. The summed E-state index contributed by atoms with van der Waals surface area (Å²) < 4.78 is 0. The van der Waals surface area contributed by atoms with Crippen molar-refractivity contribution in [2.24, 2.45) is 5.92 Å². The van der Waals surface area contributed by atoms with Gasteiger partial charge in [0.05, 0.1) is 0 Å². The fraction of sp³-hybridized carbons (Fsp3) is 0.625. The summed E-state index contributed by atoms with van der Waals surface area (Å²) in [6.07, 6.45) is 7.03. The zero-order valence-electron chi connectivity index (χ0n) is 18.5. The first-order valence-electron chi connectivity index (χ1n) is 11.7. The summed E-state index contributed by atoms with van der Waals surface area (Å²) in [5.41, 5.74) is 1.49. The summed E-state index contributed by atoms with van der Waals surface area (Å²) in [4.78, 5) is 41.2. The van der Waals surface area contributed by atoms with E-state index >= 15 is 0 Å². The van der Waals surface area contributed by atoms with E-state index in [2.05, 4.69) is 34.6 Å². The van der Waals surface area contributed by atoms with E-state index in [1.807, 2.05) is 12.1 Å². The van der Waals surface area contributed by atoms with Crippen LogP contribution in [-0.4, -0.2) is 52.8 Å². The van der Waals surface area contributed by atoms with E-state index in [1.54, 1.807) is 0 Å². The van der Waals surface area contributed by atoms with Gasteiger partial charge in [0.1, 0.15) is 12.1 Å². The van der Waals surface area contributed by atoms with E-state index in [4.69, 9.17) is 0 Å². The predicted octanol–water partition coefficient (Wildman–Crippen LogP) is 2.79. The van der Waals surface area contributed by atoms with Crippen LogP contribution in [0.25, 0.3) is 0 Å². The Labute approximate surface area is 184 Å². The highest BCUT2D eigenvalue weighted by atomic mass is 16.2. The molecule has 0 aromatic heterocycles. The van der Waals surface area contributed by atoms with Crippen molar-refractivity contribution < 1.29 is 14.4 Å². The monoisotopic (exact) mass is 426 g/mol. The predicted molar refractivity (Wildman–Crippen MR) is 118 cm³/mol. The summed E-state index contributed by atoms with van der Waals surface area (Å²) >= 11 is 0. The minimum absolute atomic E-state index is 0.227. The Morgan fingerprint density at radius 2 is 1.71 bits per heavy atom. The molecule has 31 heavy (non-hydrogen) atoms. The SMILES string of the molecule is CC1CCC2(CC1)NC(=O)N(CC(=O)NCc1ccc(CN3CCCCC3)cc1)C2=O. The van der Waals surface area contributed by atoms with Gasteiger partial charge in [-0.3, -0.25) is 19.4 Å². The third-order valence-electron chi connectivity index (χ3n) is 7.04. The molecule has 4 rings (SSSR count). The van der Waals surface area contributed by atoms with E-state index in [0.29, 0.717) is 25.3 Å². The molecule has 2 saturated heterocycles. The Morgan fingerprint density at radius 1 is 1.06 bits per heavy atom. The number of carbonyl (C=O) groups is 3. The van der Waals surface area contributed by atoms with Gasteiger partial charge in [0.15, 0.2) is 0 Å². The van der Waals surface area contributed by atoms with Gasteiger partial charge in [0.25, 0.3) is 5.91 Å². The maximum absolute atomic E-state index is 12.9. The molecule has 4 amide bonds. The van der Waals surface area contributed by atoms with E-state index < -0.39 is 11.6 Å². The van der Waals surface area contributed by atoms with Crippen LogP contribution in [0.1, 0.15) is 63.0 Å². The van der Waals surface area contributed by atoms with Crippen LogP contribution in [-0.2, 0) is 22.7 Å². The summed E-state index contributed by atoms with van der Waals surface area (Å²) in [5, 5.41) is 5.70. The van der Waals surface area contributed by atoms with Crippen LogP contribution in [0.3, 0.4) is 0 Å². The molecule has 1 aromatic rings. The zero-order chi connectivity index (χ0) is 21.8. The molecule has 3 aliphatic rings. The molecule has 7 heteroatoms. The van der Waals surface area contributed by atoms with Crippen LogP contribution in [0.15, 0.2) is 24.3 Å². The maximum Gasteiger partial charge on any atom is 0.325 e. The number of rotatable bonds is 6. The molecule has 3 fully saturated rings. The number of hydrogen-bond donors (Lipinski definition) is 2. The van der Waals surface area contributed by atoms with Gasteiger partial charge in [-0.05, 0) is 68.7 Å². The number of benzene rings is 1. The number of nitrogens with one attached hydrogen (secondary N) is 2. The molecular weight excluding hydrogens is 392 g/mol. The van der Waals surface area contributed by atoms with Gasteiger partial charge in [0.2, 0.25) is 5.91 Å². The lowest BCUT2D eigenvalue weighted by molar-refractivity contribution is -0.136. The number of likely N-dealkylation sites (tertiary alicyclic amines) is 1. The second-order valence-corrected chi connectivity index (χ2v) is 9.52. The highest BCUT2D eigenvalue weighted by Gasteiger charge is 2.52. The van der Waals surface area contributed by atoms with Gasteiger partial charge in [-0.1, -0.05) is 37.6 Å². The number of nitrogens with zero attached hydrogens (tertiary/aromatic N) is 2. The number of imide groups is 1. The fourth-order valence-corrected chi connectivity index (χ4v) is 4.95. The normalized spacial score (nSPS) is 26.9. The van der Waals surface area contributed by atoms with Crippen molar-refractivity contribution in [3.8, 4) is 0 Å². The van der Waals surface area contributed by atoms with Crippen LogP contribution < -0.4 is 10.6 Å². The van der Waals surface area contributed by atoms with Crippen molar-refractivity contribution in [3.63, 3.8) is 0 Å². The molecule has 0 radical (unpaired) electrons. The first-order chi connectivity index (χ1) is 14.9. The number of urea groups is 1. The lowest BCUT2D eigenvalue weighted by Gasteiger charge is -2.33. The Hall–Kier alpha value is -2.41. The number of carbonyl (C=O) groups excluding carboxylic acids is 3. The average molecular weight is 427 g/mol. The molecule has 1 aromatic carbocycles. The molecule has 2 N–H and O–H groups in total. The largest absolute Gasteiger partial charge is 0.350 e. The van der Waals surface area contributed by atoms with Gasteiger partial charge in [0, 0.05) is 13.1 Å². The summed E-state index contributed by atoms with van der Waals surface area (Å²) in [7, 11) is 0. The maximum atomic E-state index is 12.9. The average Bonchev–Trinajstić information content (AvgIpc) is 3.00. The van der Waals surface area contributed by atoms with E-state index in [9.17, 15) is 14.4 Å². The van der Waals surface area contributed by atoms with E-state index in [0.717, 1.165) is 29.8 Å². The highest BCUT2D eigenvalue weighted by molar-refractivity contribution is 6.09. The van der Waals surface area contributed by atoms with Crippen molar-refractivity contribution in [1.82, 2.24) is 20.4 Å². The summed E-state index contributed by atoms with van der Waals surface area (Å²) in [6, 6.07) is 7.84. The van der Waals surface area contributed by atoms with Crippen molar-refractivity contribution in [2.75, 3.05) is 19.6 Å². The Balaban J connectivity index is 1.25. The molecular formula is C24H34N4O3. The van der Waals surface area contributed by atoms with Crippen molar-refractivity contribution in [3.05, 3.63) is 35.4 Å². The van der Waals surface area contributed by atoms with Crippen molar-refractivity contribution in [1.29, 1.82) is 0 Å². The summed E-state index contributed by atoms with van der Waals surface area (Å²) in [6.45, 7) is 5.63. The second-order valence-electron chi connectivity index (χ2n) is 9.52. The molecule has 0 unspecified atom stereocenters. The lowest BCUT2D eigenvalue weighted by atomic mass is 9.77. The van der Waals surface area contributed by atoms with Crippen molar-refractivity contribution in [2.45, 2.75) is 70.5 Å². The molecule has 168 valence electrons. The number of amides is 4. The van der Waals surface area contributed by atoms with E-state index in [-0.39, 0.29) is 18.4 Å². The number of piperidine rings is 1. The first-order valence-corrected chi connectivity index (χ1v) is 11.7. The smallest absolute Gasteiger partial charge is 0.325 e. The minimum atomic E-state index is -0.798. The van der Waals surface area contributed by atoms with Crippen LogP contribution >= 0.6 is 0 Å². The molecule has 1 spiro atoms. The highest BCUT2D eigenvalue weighted by Crippen LogP contribution is 2.36. The fourth-order valence-electron chi connectivity index (χ4n) is 4.95. The topological polar surface area (TPSA) is 81.8 Å². The Bertz CT molecular complexity index is 809. The van der Waals surface area contributed by atoms with Crippen molar-refractivity contribution >= 4 is 17.8 Å². The third kappa shape index (κ3) is 5.09. The first kappa shape index (κ1) is 21.8. The van der Waals surface area contributed by atoms with Gasteiger partial charge in [-0.15, -0.1) is 0 Å². The van der Waals surface area contributed by atoms with Gasteiger partial charge in [-0.2, -0.15) is 0 Å². The minimum Gasteiger partial charge on any atom is -0.350 e. The zero-order valence-corrected chi connectivity index (χ0v) is 18.5. The van der Waals surface area contributed by atoms with Crippen LogP contribution in [0.5, 0.6) is 0 Å². The number of hydrogen-bond acceptors (Lipinski definition) is 4. The quantitative estimate of drug-likeness (QED) is 0.686. The van der Waals surface area contributed by atoms with Gasteiger partial charge >= 0.3 is 6.03 Å². The summed E-state index contributed by atoms with van der Waals surface area (Å²) in [5.74, 6) is 0.00246. The molecule has 7 nitrogen and oxygen atoms in total. The Kier molecular flexibility index (Phi) is 6.60. The van der Waals surface area contributed by atoms with E-state index in [1.165, 1.54) is 37.9 Å².